The number of para-hydroxylation sites is 1. The molecule has 0 bridgehead atoms. The van der Waals surface area contributed by atoms with E-state index in [0.29, 0.717) is 11.8 Å². The van der Waals surface area contributed by atoms with E-state index >= 15 is 0 Å². The molecule has 5 heteroatoms. The number of aromatic nitrogens is 2. The van der Waals surface area contributed by atoms with Gasteiger partial charge in [0, 0.05) is 20.6 Å². The topological polar surface area (TPSA) is 47.4 Å². The third-order valence-corrected chi connectivity index (χ3v) is 3.97. The van der Waals surface area contributed by atoms with Crippen molar-refractivity contribution in [2.75, 3.05) is 13.6 Å². The van der Waals surface area contributed by atoms with Gasteiger partial charge in [0.25, 0.3) is 5.91 Å². The standard InChI is InChI=1S/C16H21N3O2/c1-11(16(20)18(2)10-12-8-9-12)21-15-13-6-4-5-7-14(13)19(3)17-15/h4-7,11-12H,8-10H2,1-3H3. The molecule has 3 rings (SSSR count). The van der Waals surface area contributed by atoms with Gasteiger partial charge in [-0.15, -0.1) is 5.10 Å². The molecular formula is C16H21N3O2. The number of carbonyl (C=O) groups is 1. The van der Waals surface area contributed by atoms with Crippen molar-refractivity contribution in [3.63, 3.8) is 0 Å². The van der Waals surface area contributed by atoms with Gasteiger partial charge in [-0.3, -0.25) is 9.48 Å². The molecule has 1 aromatic heterocycles. The number of hydrogen-bond acceptors (Lipinski definition) is 3. The summed E-state index contributed by atoms with van der Waals surface area (Å²) < 4.78 is 7.58. The summed E-state index contributed by atoms with van der Waals surface area (Å²) in [5.41, 5.74) is 0.999. The zero-order valence-electron chi connectivity index (χ0n) is 12.7. The summed E-state index contributed by atoms with van der Waals surface area (Å²) in [4.78, 5) is 14.1. The molecule has 0 aliphatic heterocycles. The van der Waals surface area contributed by atoms with Crippen LogP contribution in [0.15, 0.2) is 24.3 Å². The minimum Gasteiger partial charge on any atom is -0.463 e. The zero-order chi connectivity index (χ0) is 15.0. The smallest absolute Gasteiger partial charge is 0.263 e. The van der Waals surface area contributed by atoms with Crippen molar-refractivity contribution in [3.8, 4) is 5.88 Å². The second-order valence-corrected chi connectivity index (χ2v) is 5.87. The summed E-state index contributed by atoms with van der Waals surface area (Å²) in [6, 6.07) is 7.86. The molecule has 1 atom stereocenters. The molecular weight excluding hydrogens is 266 g/mol. The van der Waals surface area contributed by atoms with Crippen LogP contribution in [0.5, 0.6) is 5.88 Å². The average molecular weight is 287 g/mol. The molecule has 1 heterocycles. The number of nitrogens with zero attached hydrogens (tertiary/aromatic N) is 3. The SMILES string of the molecule is CC(Oc1nn(C)c2ccccc12)C(=O)N(C)CC1CC1. The predicted octanol–water partition coefficient (Wildman–Crippen LogP) is 2.21. The average Bonchev–Trinajstić information content (AvgIpc) is 3.23. The summed E-state index contributed by atoms with van der Waals surface area (Å²) in [5.74, 6) is 1.22. The number of ether oxygens (including phenoxy) is 1. The van der Waals surface area contributed by atoms with Crippen molar-refractivity contribution in [2.45, 2.75) is 25.9 Å². The monoisotopic (exact) mass is 287 g/mol. The Morgan fingerprint density at radius 2 is 2.19 bits per heavy atom. The molecule has 0 N–H and O–H groups in total. The third kappa shape index (κ3) is 2.86. The summed E-state index contributed by atoms with van der Waals surface area (Å²) in [7, 11) is 3.72. The van der Waals surface area contributed by atoms with Gasteiger partial charge in [-0.25, -0.2) is 0 Å². The molecule has 5 nitrogen and oxygen atoms in total. The first kappa shape index (κ1) is 13.9. The zero-order valence-corrected chi connectivity index (χ0v) is 12.7. The number of carbonyl (C=O) groups excluding carboxylic acids is 1. The van der Waals surface area contributed by atoms with Crippen LogP contribution in [0.4, 0.5) is 0 Å². The van der Waals surface area contributed by atoms with Gasteiger partial charge in [0.15, 0.2) is 6.10 Å². The normalized spacial score (nSPS) is 16.0. The molecule has 0 spiro atoms. The Morgan fingerprint density at radius 3 is 2.90 bits per heavy atom. The van der Waals surface area contributed by atoms with Crippen molar-refractivity contribution >= 4 is 16.8 Å². The first-order valence-corrected chi connectivity index (χ1v) is 7.39. The van der Waals surface area contributed by atoms with Crippen molar-refractivity contribution in [2.24, 2.45) is 13.0 Å². The van der Waals surface area contributed by atoms with Crippen LogP contribution in [0.2, 0.25) is 0 Å². The van der Waals surface area contributed by atoms with Crippen LogP contribution in [0, 0.1) is 5.92 Å². The molecule has 1 unspecified atom stereocenters. The maximum Gasteiger partial charge on any atom is 0.263 e. The number of benzene rings is 1. The van der Waals surface area contributed by atoms with E-state index in [2.05, 4.69) is 5.10 Å². The van der Waals surface area contributed by atoms with E-state index in [4.69, 9.17) is 4.74 Å². The fourth-order valence-corrected chi connectivity index (χ4v) is 2.57. The van der Waals surface area contributed by atoms with Crippen LogP contribution in [0.1, 0.15) is 19.8 Å². The second kappa shape index (κ2) is 5.39. The van der Waals surface area contributed by atoms with E-state index in [9.17, 15) is 4.79 Å². The third-order valence-electron chi connectivity index (χ3n) is 3.97. The van der Waals surface area contributed by atoms with Gasteiger partial charge in [0.05, 0.1) is 10.9 Å². The summed E-state index contributed by atoms with van der Waals surface area (Å²) in [6.45, 7) is 2.62. The highest BCUT2D eigenvalue weighted by atomic mass is 16.5. The molecule has 1 amide bonds. The number of aryl methyl sites for hydroxylation is 1. The van der Waals surface area contributed by atoms with Crippen LogP contribution < -0.4 is 4.74 Å². The molecule has 2 aromatic rings. The van der Waals surface area contributed by atoms with Crippen LogP contribution >= 0.6 is 0 Å². The van der Waals surface area contributed by atoms with Gasteiger partial charge in [-0.05, 0) is 37.8 Å². The van der Waals surface area contributed by atoms with Crippen LogP contribution in [-0.4, -0.2) is 40.3 Å². The number of hydrogen-bond donors (Lipinski definition) is 0. The van der Waals surface area contributed by atoms with Gasteiger partial charge in [-0.1, -0.05) is 12.1 Å². The van der Waals surface area contributed by atoms with Gasteiger partial charge < -0.3 is 9.64 Å². The fraction of sp³-hybridized carbons (Fsp3) is 0.500. The Bertz CT molecular complexity index is 661. The van der Waals surface area contributed by atoms with Gasteiger partial charge >= 0.3 is 0 Å². The molecule has 0 saturated heterocycles. The van der Waals surface area contributed by atoms with E-state index in [1.54, 1.807) is 16.5 Å². The number of likely N-dealkylation sites (N-methyl/N-ethyl adjacent to an activating group) is 1. The molecule has 1 aliphatic carbocycles. The lowest BCUT2D eigenvalue weighted by Gasteiger charge is -2.21. The number of fused-ring (bicyclic) bond motifs is 1. The van der Waals surface area contributed by atoms with E-state index in [0.717, 1.165) is 17.4 Å². The predicted molar refractivity (Wildman–Crippen MR) is 81.2 cm³/mol. The lowest BCUT2D eigenvalue weighted by atomic mass is 10.2. The van der Waals surface area contributed by atoms with Gasteiger partial charge in [-0.2, -0.15) is 0 Å². The molecule has 21 heavy (non-hydrogen) atoms. The lowest BCUT2D eigenvalue weighted by molar-refractivity contribution is -0.136. The van der Waals surface area contributed by atoms with Gasteiger partial charge in [0.2, 0.25) is 5.88 Å². The Morgan fingerprint density at radius 1 is 1.48 bits per heavy atom. The summed E-state index contributed by atoms with van der Waals surface area (Å²) in [5, 5.41) is 5.30. The maximum atomic E-state index is 12.3. The first-order chi connectivity index (χ1) is 10.1. The molecule has 0 radical (unpaired) electrons. The van der Waals surface area contributed by atoms with Crippen molar-refractivity contribution < 1.29 is 9.53 Å². The highest BCUT2D eigenvalue weighted by molar-refractivity contribution is 5.85. The van der Waals surface area contributed by atoms with Crippen LogP contribution in [-0.2, 0) is 11.8 Å². The summed E-state index contributed by atoms with van der Waals surface area (Å²) >= 11 is 0. The Labute approximate surface area is 124 Å². The van der Waals surface area contributed by atoms with Crippen molar-refractivity contribution in [1.29, 1.82) is 0 Å². The molecule has 1 aliphatic rings. The molecule has 1 fully saturated rings. The first-order valence-electron chi connectivity index (χ1n) is 7.39. The van der Waals surface area contributed by atoms with Gasteiger partial charge in [0.1, 0.15) is 0 Å². The van der Waals surface area contributed by atoms with Crippen LogP contribution in [0.25, 0.3) is 10.9 Å². The molecule has 1 saturated carbocycles. The Hall–Kier alpha value is -2.04. The fourth-order valence-electron chi connectivity index (χ4n) is 2.57. The van der Waals surface area contributed by atoms with E-state index in [1.165, 1.54) is 12.8 Å². The van der Waals surface area contributed by atoms with Crippen LogP contribution in [0.3, 0.4) is 0 Å². The van der Waals surface area contributed by atoms with Crippen molar-refractivity contribution in [3.05, 3.63) is 24.3 Å². The second-order valence-electron chi connectivity index (χ2n) is 5.87. The molecule has 112 valence electrons. The Kier molecular flexibility index (Phi) is 3.57. The number of amides is 1. The highest BCUT2D eigenvalue weighted by Crippen LogP contribution is 2.30. The van der Waals surface area contributed by atoms with E-state index < -0.39 is 6.10 Å². The van der Waals surface area contributed by atoms with E-state index in [-0.39, 0.29) is 5.91 Å². The highest BCUT2D eigenvalue weighted by Gasteiger charge is 2.28. The quantitative estimate of drug-likeness (QED) is 0.847. The Balaban J connectivity index is 1.73. The lowest BCUT2D eigenvalue weighted by Crippen LogP contribution is -2.39. The summed E-state index contributed by atoms with van der Waals surface area (Å²) in [6.07, 6.45) is 1.95. The maximum absolute atomic E-state index is 12.3. The van der Waals surface area contributed by atoms with E-state index in [1.807, 2.05) is 38.4 Å². The largest absolute Gasteiger partial charge is 0.463 e. The molecule has 1 aromatic carbocycles. The minimum absolute atomic E-state index is 0.0108. The van der Waals surface area contributed by atoms with Crippen molar-refractivity contribution in [1.82, 2.24) is 14.7 Å². The minimum atomic E-state index is -0.521. The number of rotatable bonds is 5.